The number of rotatable bonds is 3. The molecule has 0 spiro atoms. The quantitative estimate of drug-likeness (QED) is 0.864. The van der Waals surface area contributed by atoms with Gasteiger partial charge in [-0.25, -0.2) is 4.98 Å². The van der Waals surface area contributed by atoms with Crippen LogP contribution >= 0.6 is 0 Å². The van der Waals surface area contributed by atoms with E-state index >= 15 is 0 Å². The first-order chi connectivity index (χ1) is 12.1. The summed E-state index contributed by atoms with van der Waals surface area (Å²) in [5, 5.41) is 0. The van der Waals surface area contributed by atoms with Crippen molar-refractivity contribution in [2.75, 3.05) is 19.6 Å². The maximum atomic E-state index is 12.4. The number of carbonyl (C=O) groups is 1. The van der Waals surface area contributed by atoms with E-state index in [0.717, 1.165) is 63.4 Å². The standard InChI is InChI=1S/C20H26N4O/c1-15-16(2)24-12-11-22(14-19(24)21-15)13-17-5-7-18(8-6-17)20(25)23-9-3-4-10-23/h5-8H,3-4,9-14H2,1-2H3. The van der Waals surface area contributed by atoms with Gasteiger partial charge in [-0.05, 0) is 44.4 Å². The first kappa shape index (κ1) is 16.3. The van der Waals surface area contributed by atoms with Gasteiger partial charge in [0.2, 0.25) is 0 Å². The number of likely N-dealkylation sites (tertiary alicyclic amines) is 1. The van der Waals surface area contributed by atoms with Crippen LogP contribution in [0.1, 0.15) is 46.0 Å². The normalized spacial score (nSPS) is 17.8. The highest BCUT2D eigenvalue weighted by Gasteiger charge is 2.21. The Bertz CT molecular complexity index is 772. The van der Waals surface area contributed by atoms with Crippen molar-refractivity contribution in [3.8, 4) is 0 Å². The molecule has 0 saturated carbocycles. The smallest absolute Gasteiger partial charge is 0.253 e. The number of nitrogens with zero attached hydrogens (tertiary/aromatic N) is 4. The molecule has 5 heteroatoms. The van der Waals surface area contributed by atoms with Gasteiger partial charge in [-0.15, -0.1) is 0 Å². The molecule has 0 atom stereocenters. The molecule has 2 aliphatic rings. The third-order valence-electron chi connectivity index (χ3n) is 5.54. The van der Waals surface area contributed by atoms with E-state index in [4.69, 9.17) is 4.98 Å². The summed E-state index contributed by atoms with van der Waals surface area (Å²) < 4.78 is 2.34. The first-order valence-corrected chi connectivity index (χ1v) is 9.25. The Morgan fingerprint density at radius 2 is 1.76 bits per heavy atom. The van der Waals surface area contributed by atoms with E-state index in [-0.39, 0.29) is 5.91 Å². The van der Waals surface area contributed by atoms with Crippen molar-refractivity contribution < 1.29 is 4.79 Å². The van der Waals surface area contributed by atoms with Gasteiger partial charge in [0.25, 0.3) is 5.91 Å². The van der Waals surface area contributed by atoms with Crippen LogP contribution in [-0.2, 0) is 19.6 Å². The molecule has 5 nitrogen and oxygen atoms in total. The lowest BCUT2D eigenvalue weighted by Gasteiger charge is -2.28. The summed E-state index contributed by atoms with van der Waals surface area (Å²) in [7, 11) is 0. The Hall–Kier alpha value is -2.14. The van der Waals surface area contributed by atoms with Crippen LogP contribution in [0.2, 0.25) is 0 Å². The van der Waals surface area contributed by atoms with Crippen molar-refractivity contribution in [1.82, 2.24) is 19.4 Å². The molecule has 0 N–H and O–H groups in total. The molecule has 1 fully saturated rings. The average Bonchev–Trinajstić information content (AvgIpc) is 3.24. The van der Waals surface area contributed by atoms with Gasteiger partial charge in [0.1, 0.15) is 5.82 Å². The third-order valence-corrected chi connectivity index (χ3v) is 5.54. The highest BCUT2D eigenvalue weighted by molar-refractivity contribution is 5.94. The first-order valence-electron chi connectivity index (χ1n) is 9.25. The molecule has 1 aromatic carbocycles. The van der Waals surface area contributed by atoms with Crippen molar-refractivity contribution in [2.24, 2.45) is 0 Å². The molecule has 4 rings (SSSR count). The van der Waals surface area contributed by atoms with Gasteiger partial charge < -0.3 is 9.47 Å². The molecule has 1 aromatic heterocycles. The minimum absolute atomic E-state index is 0.176. The lowest BCUT2D eigenvalue weighted by molar-refractivity contribution is 0.0793. The number of benzene rings is 1. The summed E-state index contributed by atoms with van der Waals surface area (Å²) in [6, 6.07) is 8.16. The van der Waals surface area contributed by atoms with E-state index in [1.807, 2.05) is 17.0 Å². The zero-order valence-corrected chi connectivity index (χ0v) is 15.2. The second-order valence-electron chi connectivity index (χ2n) is 7.26. The summed E-state index contributed by atoms with van der Waals surface area (Å²) in [6.45, 7) is 9.89. The second-order valence-corrected chi connectivity index (χ2v) is 7.26. The van der Waals surface area contributed by atoms with E-state index in [1.165, 1.54) is 17.1 Å². The van der Waals surface area contributed by atoms with Crippen LogP contribution in [0.25, 0.3) is 0 Å². The van der Waals surface area contributed by atoms with Gasteiger partial charge in [-0.2, -0.15) is 0 Å². The molecule has 132 valence electrons. The van der Waals surface area contributed by atoms with Crippen LogP contribution in [0, 0.1) is 13.8 Å². The summed E-state index contributed by atoms with van der Waals surface area (Å²) in [5.74, 6) is 1.34. The average molecular weight is 338 g/mol. The van der Waals surface area contributed by atoms with Crippen molar-refractivity contribution in [2.45, 2.75) is 46.3 Å². The minimum Gasteiger partial charge on any atom is -0.339 e. The predicted octanol–water partition coefficient (Wildman–Crippen LogP) is 2.75. The lowest BCUT2D eigenvalue weighted by Crippen LogP contribution is -2.33. The predicted molar refractivity (Wildman–Crippen MR) is 97.4 cm³/mol. The van der Waals surface area contributed by atoms with Gasteiger partial charge in [0.05, 0.1) is 12.2 Å². The highest BCUT2D eigenvalue weighted by atomic mass is 16.2. The van der Waals surface area contributed by atoms with Crippen LogP contribution in [0.3, 0.4) is 0 Å². The number of amides is 1. The van der Waals surface area contributed by atoms with Crippen molar-refractivity contribution in [1.29, 1.82) is 0 Å². The molecule has 3 heterocycles. The van der Waals surface area contributed by atoms with Crippen LogP contribution in [-0.4, -0.2) is 44.9 Å². The Kier molecular flexibility index (Phi) is 4.34. The van der Waals surface area contributed by atoms with Crippen molar-refractivity contribution >= 4 is 5.91 Å². The number of aryl methyl sites for hydroxylation is 1. The van der Waals surface area contributed by atoms with Crippen molar-refractivity contribution in [3.05, 3.63) is 52.6 Å². The molecule has 2 aliphatic heterocycles. The Morgan fingerprint density at radius 1 is 1.04 bits per heavy atom. The van der Waals surface area contributed by atoms with Gasteiger partial charge in [0, 0.05) is 44.0 Å². The Balaban J connectivity index is 1.41. The second kappa shape index (κ2) is 6.64. The van der Waals surface area contributed by atoms with E-state index in [9.17, 15) is 4.79 Å². The third kappa shape index (κ3) is 3.21. The fourth-order valence-electron chi connectivity index (χ4n) is 3.91. The van der Waals surface area contributed by atoms with E-state index in [0.29, 0.717) is 0 Å². The number of aromatic nitrogens is 2. The minimum atomic E-state index is 0.176. The number of hydrogen-bond acceptors (Lipinski definition) is 3. The molecule has 0 radical (unpaired) electrons. The summed E-state index contributed by atoms with van der Waals surface area (Å²) in [5.41, 5.74) is 4.50. The zero-order valence-electron chi connectivity index (χ0n) is 15.2. The number of carbonyl (C=O) groups excluding carboxylic acids is 1. The maximum absolute atomic E-state index is 12.4. The molecule has 1 amide bonds. The molecule has 0 aliphatic carbocycles. The fourth-order valence-corrected chi connectivity index (χ4v) is 3.91. The highest BCUT2D eigenvalue weighted by Crippen LogP contribution is 2.19. The Labute approximate surface area is 149 Å². The molecular formula is C20H26N4O. The molecule has 2 aromatic rings. The summed E-state index contributed by atoms with van der Waals surface area (Å²) in [4.78, 5) is 21.5. The van der Waals surface area contributed by atoms with Gasteiger partial charge in [0.15, 0.2) is 0 Å². The number of fused-ring (bicyclic) bond motifs is 1. The molecule has 0 unspecified atom stereocenters. The zero-order chi connectivity index (χ0) is 17.4. The van der Waals surface area contributed by atoms with Gasteiger partial charge in [-0.3, -0.25) is 9.69 Å². The van der Waals surface area contributed by atoms with E-state index in [1.54, 1.807) is 0 Å². The van der Waals surface area contributed by atoms with Crippen molar-refractivity contribution in [3.63, 3.8) is 0 Å². The summed E-state index contributed by atoms with van der Waals surface area (Å²) >= 11 is 0. The Morgan fingerprint density at radius 3 is 2.48 bits per heavy atom. The van der Waals surface area contributed by atoms with Crippen LogP contribution in [0.15, 0.2) is 24.3 Å². The fraction of sp³-hybridized carbons (Fsp3) is 0.500. The van der Waals surface area contributed by atoms with Gasteiger partial charge >= 0.3 is 0 Å². The van der Waals surface area contributed by atoms with Gasteiger partial charge in [-0.1, -0.05) is 12.1 Å². The topological polar surface area (TPSA) is 41.4 Å². The summed E-state index contributed by atoms with van der Waals surface area (Å²) in [6.07, 6.45) is 2.26. The lowest BCUT2D eigenvalue weighted by atomic mass is 10.1. The van der Waals surface area contributed by atoms with Crippen LogP contribution in [0.4, 0.5) is 0 Å². The molecule has 25 heavy (non-hydrogen) atoms. The molecule has 1 saturated heterocycles. The largest absolute Gasteiger partial charge is 0.339 e. The maximum Gasteiger partial charge on any atom is 0.253 e. The number of hydrogen-bond donors (Lipinski definition) is 0. The number of imidazole rings is 1. The molecular weight excluding hydrogens is 312 g/mol. The molecule has 0 bridgehead atoms. The van der Waals surface area contributed by atoms with Crippen LogP contribution < -0.4 is 0 Å². The van der Waals surface area contributed by atoms with E-state index in [2.05, 4.69) is 35.4 Å². The van der Waals surface area contributed by atoms with E-state index < -0.39 is 0 Å². The van der Waals surface area contributed by atoms with Crippen LogP contribution in [0.5, 0.6) is 0 Å². The SMILES string of the molecule is Cc1nc2n(c1C)CCN(Cc1ccc(C(=O)N3CCCC3)cc1)C2. The monoisotopic (exact) mass is 338 g/mol.